The van der Waals surface area contributed by atoms with Gasteiger partial charge in [-0.1, -0.05) is 24.7 Å². The van der Waals surface area contributed by atoms with Gasteiger partial charge in [0, 0.05) is 35.0 Å². The summed E-state index contributed by atoms with van der Waals surface area (Å²) >= 11 is 5.59. The van der Waals surface area contributed by atoms with E-state index in [2.05, 4.69) is 24.1 Å². The van der Waals surface area contributed by atoms with E-state index in [4.69, 9.17) is 12.2 Å². The van der Waals surface area contributed by atoms with Gasteiger partial charge in [-0.25, -0.2) is 0 Å². The van der Waals surface area contributed by atoms with Gasteiger partial charge in [0.1, 0.15) is 4.75 Å². The number of aromatic nitrogens is 1. The molecular formula is C14H20N2OS2. The van der Waals surface area contributed by atoms with Crippen molar-refractivity contribution < 1.29 is 4.21 Å². The quantitative estimate of drug-likeness (QED) is 0.870. The van der Waals surface area contributed by atoms with Crippen molar-refractivity contribution in [3.8, 4) is 0 Å². The molecule has 0 bridgehead atoms. The molecule has 2 atom stereocenters. The van der Waals surface area contributed by atoms with E-state index in [1.54, 1.807) is 12.4 Å². The lowest BCUT2D eigenvalue weighted by Gasteiger charge is -2.38. The van der Waals surface area contributed by atoms with Crippen molar-refractivity contribution in [2.45, 2.75) is 43.9 Å². The van der Waals surface area contributed by atoms with E-state index in [1.165, 1.54) is 0 Å². The fourth-order valence-corrected chi connectivity index (χ4v) is 5.07. The first-order chi connectivity index (χ1) is 9.07. The van der Waals surface area contributed by atoms with Crippen LogP contribution in [0.25, 0.3) is 0 Å². The normalized spacial score (nSPS) is 27.2. The number of rotatable bonds is 3. The zero-order valence-electron chi connectivity index (χ0n) is 11.4. The molecule has 1 fully saturated rings. The Hall–Kier alpha value is -0.810. The Kier molecular flexibility index (Phi) is 4.68. The largest absolute Gasteiger partial charge is 0.376 e. The highest BCUT2D eigenvalue weighted by Gasteiger charge is 2.44. The molecule has 0 aromatic carbocycles. The lowest BCUT2D eigenvalue weighted by atomic mass is 9.92. The zero-order chi connectivity index (χ0) is 13.9. The smallest absolute Gasteiger partial charge is 0.122 e. The number of nitrogens with zero attached hydrogens (tertiary/aromatic N) is 1. The summed E-state index contributed by atoms with van der Waals surface area (Å²) in [6.07, 6.45) is 6.45. The minimum atomic E-state index is -0.978. The maximum Gasteiger partial charge on any atom is 0.122 e. The predicted molar refractivity (Wildman–Crippen MR) is 83.6 cm³/mol. The third-order valence-corrected chi connectivity index (χ3v) is 6.09. The predicted octanol–water partition coefficient (Wildman–Crippen LogP) is 2.53. The molecule has 3 nitrogen and oxygen atoms in total. The van der Waals surface area contributed by atoms with Crippen LogP contribution in [0.4, 0.5) is 0 Å². The summed E-state index contributed by atoms with van der Waals surface area (Å²) in [5.74, 6) is 0.717. The van der Waals surface area contributed by atoms with E-state index in [1.807, 2.05) is 12.1 Å². The number of nitrogens with one attached hydrogen (secondary N) is 1. The summed E-state index contributed by atoms with van der Waals surface area (Å²) in [5.41, 5.74) is 0.978. The van der Waals surface area contributed by atoms with Gasteiger partial charge in [0.15, 0.2) is 0 Å². The van der Waals surface area contributed by atoms with Gasteiger partial charge in [-0.05, 0) is 38.3 Å². The molecule has 0 spiro atoms. The van der Waals surface area contributed by atoms with Crippen molar-refractivity contribution >= 4 is 28.0 Å². The lowest BCUT2D eigenvalue weighted by molar-refractivity contribution is 0.564. The van der Waals surface area contributed by atoms with E-state index >= 15 is 0 Å². The Balaban J connectivity index is 2.44. The molecule has 1 saturated heterocycles. The number of pyridine rings is 1. The molecule has 1 N–H and O–H groups in total. The highest BCUT2D eigenvalue weighted by atomic mass is 32.2. The fraction of sp³-hybridized carbons (Fsp3) is 0.571. The molecule has 5 heteroatoms. The maximum absolute atomic E-state index is 12.7. The second-order valence-electron chi connectivity index (χ2n) is 5.20. The molecule has 1 aromatic heterocycles. The standard InChI is InChI=1S/C14H20N2OS2/c1-11(2)16-13(18)14(7-3-4-9-19(14)17)12-6-5-8-15-10-12/h5-6,8,10-11H,3-4,7,9H2,1-2H3,(H,16,18). The van der Waals surface area contributed by atoms with Gasteiger partial charge in [-0.3, -0.25) is 9.19 Å². The average Bonchev–Trinajstić information content (AvgIpc) is 2.39. The summed E-state index contributed by atoms with van der Waals surface area (Å²) in [5, 5.41) is 3.29. The van der Waals surface area contributed by atoms with Crippen molar-refractivity contribution in [3.05, 3.63) is 30.1 Å². The van der Waals surface area contributed by atoms with Gasteiger partial charge >= 0.3 is 0 Å². The Bertz CT molecular complexity index is 476. The van der Waals surface area contributed by atoms with E-state index in [9.17, 15) is 4.21 Å². The molecular weight excluding hydrogens is 276 g/mol. The van der Waals surface area contributed by atoms with E-state index < -0.39 is 15.5 Å². The molecule has 0 aliphatic carbocycles. The highest BCUT2D eigenvalue weighted by molar-refractivity contribution is 7.90. The van der Waals surface area contributed by atoms with Gasteiger partial charge in [0.05, 0.1) is 4.99 Å². The second kappa shape index (κ2) is 6.09. The minimum absolute atomic E-state index is 0.250. The molecule has 0 amide bonds. The van der Waals surface area contributed by atoms with Crippen LogP contribution in [0.1, 0.15) is 38.7 Å². The summed E-state index contributed by atoms with van der Waals surface area (Å²) in [7, 11) is -0.978. The minimum Gasteiger partial charge on any atom is -0.376 e. The topological polar surface area (TPSA) is 42.0 Å². The Morgan fingerprint density at radius 2 is 2.32 bits per heavy atom. The molecule has 0 radical (unpaired) electrons. The molecule has 1 aliphatic heterocycles. The summed E-state index contributed by atoms with van der Waals surface area (Å²) in [4.78, 5) is 4.88. The maximum atomic E-state index is 12.7. The van der Waals surface area contributed by atoms with Crippen LogP contribution in [-0.4, -0.2) is 26.0 Å². The van der Waals surface area contributed by atoms with Crippen LogP contribution in [0.2, 0.25) is 0 Å². The monoisotopic (exact) mass is 296 g/mol. The second-order valence-corrected chi connectivity index (χ2v) is 7.41. The first kappa shape index (κ1) is 14.6. The van der Waals surface area contributed by atoms with Crippen LogP contribution < -0.4 is 5.32 Å². The third kappa shape index (κ3) is 2.87. The molecule has 2 unspecified atom stereocenters. The van der Waals surface area contributed by atoms with Crippen LogP contribution >= 0.6 is 12.2 Å². The number of hydrogen-bond donors (Lipinski definition) is 1. The van der Waals surface area contributed by atoms with Crippen LogP contribution in [0.5, 0.6) is 0 Å². The lowest BCUT2D eigenvalue weighted by Crippen LogP contribution is -2.50. The molecule has 1 aliphatic rings. The third-order valence-electron chi connectivity index (χ3n) is 3.41. The summed E-state index contributed by atoms with van der Waals surface area (Å²) in [6, 6.07) is 4.13. The Morgan fingerprint density at radius 1 is 1.53 bits per heavy atom. The zero-order valence-corrected chi connectivity index (χ0v) is 13.0. The average molecular weight is 296 g/mol. The molecule has 104 valence electrons. The first-order valence-electron chi connectivity index (χ1n) is 6.67. The molecule has 19 heavy (non-hydrogen) atoms. The van der Waals surface area contributed by atoms with Gasteiger partial charge < -0.3 is 5.32 Å². The van der Waals surface area contributed by atoms with Crippen LogP contribution in [-0.2, 0) is 15.5 Å². The van der Waals surface area contributed by atoms with E-state index in [-0.39, 0.29) is 6.04 Å². The summed E-state index contributed by atoms with van der Waals surface area (Å²) < 4.78 is 12.1. The fourth-order valence-electron chi connectivity index (χ4n) is 2.50. The SMILES string of the molecule is CC(C)NC(=S)C1(c2cccnc2)CCCCS1=O. The van der Waals surface area contributed by atoms with Crippen molar-refractivity contribution in [3.63, 3.8) is 0 Å². The van der Waals surface area contributed by atoms with Gasteiger partial charge in [0.25, 0.3) is 0 Å². The molecule has 1 aromatic rings. The van der Waals surface area contributed by atoms with Crippen LogP contribution in [0.3, 0.4) is 0 Å². The molecule has 0 saturated carbocycles. The van der Waals surface area contributed by atoms with E-state index in [0.717, 1.165) is 30.6 Å². The van der Waals surface area contributed by atoms with Gasteiger partial charge in [-0.15, -0.1) is 0 Å². The Morgan fingerprint density at radius 3 is 2.89 bits per heavy atom. The van der Waals surface area contributed by atoms with Gasteiger partial charge in [-0.2, -0.15) is 0 Å². The first-order valence-corrected chi connectivity index (χ1v) is 8.40. The van der Waals surface area contributed by atoms with E-state index in [0.29, 0.717) is 4.99 Å². The van der Waals surface area contributed by atoms with Crippen LogP contribution in [0, 0.1) is 0 Å². The van der Waals surface area contributed by atoms with Gasteiger partial charge in [0.2, 0.25) is 0 Å². The molecule has 2 heterocycles. The van der Waals surface area contributed by atoms with Crippen molar-refractivity contribution in [2.24, 2.45) is 0 Å². The Labute approximate surface area is 122 Å². The number of thiocarbonyl (C=S) groups is 1. The summed E-state index contributed by atoms with van der Waals surface area (Å²) in [6.45, 7) is 4.10. The highest BCUT2D eigenvalue weighted by Crippen LogP contribution is 2.38. The van der Waals surface area contributed by atoms with Crippen molar-refractivity contribution in [2.75, 3.05) is 5.75 Å². The van der Waals surface area contributed by atoms with Crippen molar-refractivity contribution in [1.82, 2.24) is 10.3 Å². The molecule has 2 rings (SSSR count). The van der Waals surface area contributed by atoms with Crippen LogP contribution in [0.15, 0.2) is 24.5 Å². The van der Waals surface area contributed by atoms with Crippen molar-refractivity contribution in [1.29, 1.82) is 0 Å². The number of hydrogen-bond acceptors (Lipinski definition) is 3.